The Hall–Kier alpha value is -1.08. The standard InChI is InChI=1S/C13H16O/c14-13(11-7-3-1-4-8-11)12-9-5-2-6-10-12/h1,3-5,7-9,12-14H,2,6,10H2/t12-,13+/m1/s1/i5D. The van der Waals surface area contributed by atoms with Crippen molar-refractivity contribution < 1.29 is 6.48 Å². The Labute approximate surface area is 86.5 Å². The maximum Gasteiger partial charge on any atom is 0.0852 e. The molecule has 1 aliphatic carbocycles. The minimum Gasteiger partial charge on any atom is -0.388 e. The van der Waals surface area contributed by atoms with Crippen molar-refractivity contribution in [2.24, 2.45) is 5.92 Å². The molecule has 1 heteroatoms. The van der Waals surface area contributed by atoms with Gasteiger partial charge < -0.3 is 5.11 Å². The lowest BCUT2D eigenvalue weighted by Gasteiger charge is -2.22. The van der Waals surface area contributed by atoms with Gasteiger partial charge in [-0.25, -0.2) is 0 Å². The summed E-state index contributed by atoms with van der Waals surface area (Å²) in [6, 6.07) is 10.4. The number of allylic oxidation sites excluding steroid dienone is 1. The quantitative estimate of drug-likeness (QED) is 0.709. The van der Waals surface area contributed by atoms with Crippen LogP contribution in [0.25, 0.3) is 0 Å². The van der Waals surface area contributed by atoms with Gasteiger partial charge in [0.1, 0.15) is 0 Å². The van der Waals surface area contributed by atoms with Crippen LogP contribution in [0.5, 0.6) is 0 Å². The predicted octanol–water partition coefficient (Wildman–Crippen LogP) is 3.08. The number of benzene rings is 1. The van der Waals surface area contributed by atoms with Crippen molar-refractivity contribution in [3.63, 3.8) is 0 Å². The van der Waals surface area contributed by atoms with Crippen LogP contribution in [0.3, 0.4) is 0 Å². The molecule has 0 bridgehead atoms. The molecule has 1 nitrogen and oxygen atoms in total. The normalized spacial score (nSPS) is 25.1. The van der Waals surface area contributed by atoms with Gasteiger partial charge in [0.2, 0.25) is 0 Å². The van der Waals surface area contributed by atoms with Crippen LogP contribution in [-0.2, 0) is 0 Å². The van der Waals surface area contributed by atoms with Crippen molar-refractivity contribution in [3.05, 3.63) is 48.0 Å². The lowest BCUT2D eigenvalue weighted by atomic mass is 9.87. The molecule has 0 fully saturated rings. The first-order valence-electron chi connectivity index (χ1n) is 5.67. The number of aliphatic hydroxyl groups is 1. The first-order chi connectivity index (χ1) is 7.27. The summed E-state index contributed by atoms with van der Waals surface area (Å²) in [5.74, 6) is 0.119. The Morgan fingerprint density at radius 3 is 2.86 bits per heavy atom. The van der Waals surface area contributed by atoms with Crippen molar-refractivity contribution >= 4 is 0 Å². The van der Waals surface area contributed by atoms with Crippen LogP contribution in [0.1, 0.15) is 32.3 Å². The van der Waals surface area contributed by atoms with E-state index in [0.29, 0.717) is 6.05 Å². The van der Waals surface area contributed by atoms with E-state index in [1.807, 2.05) is 36.4 Å². The van der Waals surface area contributed by atoms with Crippen molar-refractivity contribution in [2.75, 3.05) is 0 Å². The Morgan fingerprint density at radius 1 is 1.36 bits per heavy atom. The molecule has 0 spiro atoms. The minimum atomic E-state index is -0.452. The molecule has 1 aliphatic rings. The van der Waals surface area contributed by atoms with E-state index in [4.69, 9.17) is 1.37 Å². The maximum absolute atomic E-state index is 10.1. The van der Waals surface area contributed by atoms with E-state index in [1.165, 1.54) is 0 Å². The van der Waals surface area contributed by atoms with Crippen LogP contribution in [0.4, 0.5) is 0 Å². The second kappa shape index (κ2) is 4.43. The van der Waals surface area contributed by atoms with Gasteiger partial charge in [0.15, 0.2) is 0 Å². The largest absolute Gasteiger partial charge is 0.388 e. The van der Waals surface area contributed by atoms with Crippen LogP contribution in [0, 0.1) is 5.92 Å². The molecule has 0 saturated heterocycles. The molecule has 0 saturated carbocycles. The Kier molecular flexibility index (Phi) is 2.61. The van der Waals surface area contributed by atoms with Crippen LogP contribution < -0.4 is 0 Å². The lowest BCUT2D eigenvalue weighted by Crippen LogP contribution is -2.12. The maximum atomic E-state index is 10.1. The van der Waals surface area contributed by atoms with Gasteiger partial charge in [-0.1, -0.05) is 42.5 Å². The monoisotopic (exact) mass is 189 g/mol. The molecular formula is C13H16O. The summed E-state index contributed by atoms with van der Waals surface area (Å²) in [7, 11) is 0. The predicted molar refractivity (Wildman–Crippen MR) is 57.9 cm³/mol. The zero-order valence-electron chi connectivity index (χ0n) is 9.19. The number of rotatable bonds is 2. The third-order valence-corrected chi connectivity index (χ3v) is 2.74. The van der Waals surface area contributed by atoms with E-state index in [2.05, 4.69) is 0 Å². The first-order valence-corrected chi connectivity index (χ1v) is 5.17. The van der Waals surface area contributed by atoms with Gasteiger partial charge in [-0.05, 0) is 24.8 Å². The fraction of sp³-hybridized carbons (Fsp3) is 0.385. The molecule has 2 atom stereocenters. The van der Waals surface area contributed by atoms with Crippen LogP contribution in [0.2, 0.25) is 0 Å². The van der Waals surface area contributed by atoms with E-state index in [9.17, 15) is 5.11 Å². The Bertz CT molecular complexity index is 345. The minimum absolute atomic E-state index is 0.119. The van der Waals surface area contributed by atoms with E-state index in [0.717, 1.165) is 24.8 Å². The molecule has 1 aromatic rings. The zero-order valence-corrected chi connectivity index (χ0v) is 8.19. The number of hydrogen-bond acceptors (Lipinski definition) is 1. The van der Waals surface area contributed by atoms with Gasteiger partial charge in [0.25, 0.3) is 0 Å². The third-order valence-electron chi connectivity index (χ3n) is 2.74. The Balaban J connectivity index is 2.14. The molecule has 14 heavy (non-hydrogen) atoms. The van der Waals surface area contributed by atoms with Gasteiger partial charge >= 0.3 is 0 Å². The van der Waals surface area contributed by atoms with Crippen molar-refractivity contribution in [3.8, 4) is 0 Å². The van der Waals surface area contributed by atoms with E-state index < -0.39 is 6.10 Å². The summed E-state index contributed by atoms with van der Waals surface area (Å²) >= 11 is 0. The zero-order chi connectivity index (χ0) is 10.7. The summed E-state index contributed by atoms with van der Waals surface area (Å²) in [6.07, 6.45) is 4.31. The van der Waals surface area contributed by atoms with Gasteiger partial charge in [-0.3, -0.25) is 0 Å². The van der Waals surface area contributed by atoms with Gasteiger partial charge in [0.05, 0.1) is 7.47 Å². The van der Waals surface area contributed by atoms with E-state index in [1.54, 1.807) is 0 Å². The number of aliphatic hydroxyl groups excluding tert-OH is 1. The highest BCUT2D eigenvalue weighted by Gasteiger charge is 2.19. The first kappa shape index (κ1) is 8.25. The third kappa shape index (κ3) is 2.05. The summed E-state index contributed by atoms with van der Waals surface area (Å²) in [5.41, 5.74) is 0.952. The van der Waals surface area contributed by atoms with Gasteiger partial charge in [0, 0.05) is 5.92 Å². The highest BCUT2D eigenvalue weighted by molar-refractivity contribution is 5.19. The van der Waals surface area contributed by atoms with Crippen LogP contribution in [0.15, 0.2) is 42.5 Å². The fourth-order valence-corrected chi connectivity index (χ4v) is 1.90. The molecular weight excluding hydrogens is 172 g/mol. The fourth-order valence-electron chi connectivity index (χ4n) is 1.90. The second-order valence-electron chi connectivity index (χ2n) is 3.78. The molecule has 0 unspecified atom stereocenters. The summed E-state index contributed by atoms with van der Waals surface area (Å²) in [4.78, 5) is 0. The highest BCUT2D eigenvalue weighted by Crippen LogP contribution is 2.29. The van der Waals surface area contributed by atoms with Crippen molar-refractivity contribution in [2.45, 2.75) is 25.4 Å². The number of hydrogen-bond donors (Lipinski definition) is 1. The molecule has 0 heterocycles. The summed E-state index contributed by atoms with van der Waals surface area (Å²) in [6.45, 7) is 0. The molecule has 0 radical (unpaired) electrons. The van der Waals surface area contributed by atoms with Crippen LogP contribution >= 0.6 is 0 Å². The van der Waals surface area contributed by atoms with Crippen molar-refractivity contribution in [1.82, 2.24) is 0 Å². The average Bonchev–Trinajstić information content (AvgIpc) is 2.29. The van der Waals surface area contributed by atoms with Crippen LogP contribution in [-0.4, -0.2) is 5.11 Å². The summed E-state index contributed by atoms with van der Waals surface area (Å²) in [5, 5.41) is 10.1. The van der Waals surface area contributed by atoms with E-state index >= 15 is 0 Å². The lowest BCUT2D eigenvalue weighted by molar-refractivity contribution is 0.123. The Morgan fingerprint density at radius 2 is 2.14 bits per heavy atom. The molecule has 0 aliphatic heterocycles. The summed E-state index contributed by atoms with van der Waals surface area (Å²) < 4.78 is 7.61. The smallest absolute Gasteiger partial charge is 0.0852 e. The molecule has 0 amide bonds. The van der Waals surface area contributed by atoms with Gasteiger partial charge in [-0.15, -0.1) is 0 Å². The highest BCUT2D eigenvalue weighted by atomic mass is 16.3. The molecule has 1 N–H and O–H groups in total. The average molecular weight is 189 g/mol. The van der Waals surface area contributed by atoms with Crippen molar-refractivity contribution in [1.29, 1.82) is 0 Å². The SMILES string of the molecule is [2H]C1=C[C@@H]([C@@H](O)c2ccccc2)CCC1. The van der Waals surface area contributed by atoms with Gasteiger partial charge in [-0.2, -0.15) is 0 Å². The second-order valence-corrected chi connectivity index (χ2v) is 3.78. The molecule has 2 rings (SSSR count). The topological polar surface area (TPSA) is 20.2 Å². The van der Waals surface area contributed by atoms with E-state index in [-0.39, 0.29) is 5.92 Å². The molecule has 74 valence electrons. The molecule has 1 aromatic carbocycles. The molecule has 0 aromatic heterocycles.